The predicted molar refractivity (Wildman–Crippen MR) is 79.5 cm³/mol. The molecule has 2 rings (SSSR count). The molecule has 7 heteroatoms. The van der Waals surface area contributed by atoms with Gasteiger partial charge in [-0.1, -0.05) is 0 Å². The molecule has 2 heterocycles. The summed E-state index contributed by atoms with van der Waals surface area (Å²) in [6.07, 6.45) is 0. The number of aromatic nitrogens is 4. The SMILES string of the molecule is CCN(CC)c1nc2c(c(=O)n(C)c(=O)n2C)n1CC. The van der Waals surface area contributed by atoms with E-state index in [-0.39, 0.29) is 11.2 Å². The molecular weight excluding hydrogens is 258 g/mol. The molecule has 0 aliphatic carbocycles. The minimum Gasteiger partial charge on any atom is -0.343 e. The minimum atomic E-state index is -0.352. The summed E-state index contributed by atoms with van der Waals surface area (Å²) < 4.78 is 4.43. The molecule has 2 aromatic rings. The minimum absolute atomic E-state index is 0.296. The van der Waals surface area contributed by atoms with E-state index in [0.717, 1.165) is 23.6 Å². The molecule has 0 saturated carbocycles. The van der Waals surface area contributed by atoms with Crippen molar-refractivity contribution in [2.24, 2.45) is 14.1 Å². The van der Waals surface area contributed by atoms with Gasteiger partial charge in [-0.2, -0.15) is 4.98 Å². The third kappa shape index (κ3) is 1.85. The van der Waals surface area contributed by atoms with E-state index in [1.807, 2.05) is 25.3 Å². The van der Waals surface area contributed by atoms with Crippen LogP contribution in [-0.4, -0.2) is 31.8 Å². The number of aryl methyl sites for hydroxylation is 2. The molecule has 0 fully saturated rings. The van der Waals surface area contributed by atoms with Crippen LogP contribution in [0.1, 0.15) is 20.8 Å². The van der Waals surface area contributed by atoms with E-state index in [1.165, 1.54) is 11.6 Å². The zero-order valence-electron chi connectivity index (χ0n) is 12.7. The summed E-state index contributed by atoms with van der Waals surface area (Å²) in [6, 6.07) is 0. The van der Waals surface area contributed by atoms with Gasteiger partial charge in [-0.25, -0.2) is 4.79 Å². The van der Waals surface area contributed by atoms with Crippen molar-refractivity contribution in [3.8, 4) is 0 Å². The summed E-state index contributed by atoms with van der Waals surface area (Å²) in [5.41, 5.74) is 0.283. The van der Waals surface area contributed by atoms with Crippen molar-refractivity contribution in [3.05, 3.63) is 20.8 Å². The number of hydrogen-bond donors (Lipinski definition) is 0. The van der Waals surface area contributed by atoms with Crippen molar-refractivity contribution in [1.82, 2.24) is 18.7 Å². The first-order valence-electron chi connectivity index (χ1n) is 6.89. The molecule has 0 radical (unpaired) electrons. The van der Waals surface area contributed by atoms with E-state index in [9.17, 15) is 9.59 Å². The second kappa shape index (κ2) is 5.15. The summed E-state index contributed by atoms with van der Waals surface area (Å²) >= 11 is 0. The van der Waals surface area contributed by atoms with Gasteiger partial charge in [0.2, 0.25) is 5.95 Å². The lowest BCUT2D eigenvalue weighted by Gasteiger charge is -2.20. The molecule has 110 valence electrons. The molecule has 0 aliphatic rings. The number of hydrogen-bond acceptors (Lipinski definition) is 4. The molecule has 20 heavy (non-hydrogen) atoms. The Morgan fingerprint density at radius 3 is 2.15 bits per heavy atom. The molecule has 0 spiro atoms. The normalized spacial score (nSPS) is 11.2. The molecule has 2 aromatic heterocycles. The van der Waals surface area contributed by atoms with Crippen LogP contribution in [0, 0.1) is 0 Å². The summed E-state index contributed by atoms with van der Waals surface area (Å²) in [5, 5.41) is 0. The van der Waals surface area contributed by atoms with Crippen molar-refractivity contribution < 1.29 is 0 Å². The maximum absolute atomic E-state index is 12.4. The first-order chi connectivity index (χ1) is 9.47. The third-order valence-corrected chi connectivity index (χ3v) is 3.69. The first kappa shape index (κ1) is 14.4. The highest BCUT2D eigenvalue weighted by molar-refractivity contribution is 5.74. The standard InChI is InChI=1S/C13H21N5O2/c1-6-17(7-2)12-14-10-9(18(12)8-3)11(19)16(5)13(20)15(10)4/h6-8H2,1-5H3. The molecule has 0 amide bonds. The van der Waals surface area contributed by atoms with Gasteiger partial charge in [0.1, 0.15) is 0 Å². The second-order valence-electron chi connectivity index (χ2n) is 4.71. The van der Waals surface area contributed by atoms with Crippen molar-refractivity contribution in [3.63, 3.8) is 0 Å². The molecule has 0 saturated heterocycles. The Kier molecular flexibility index (Phi) is 3.69. The second-order valence-corrected chi connectivity index (χ2v) is 4.71. The first-order valence-corrected chi connectivity index (χ1v) is 6.89. The molecule has 0 N–H and O–H groups in total. The van der Waals surface area contributed by atoms with Gasteiger partial charge in [-0.05, 0) is 20.8 Å². The fourth-order valence-corrected chi connectivity index (χ4v) is 2.48. The summed E-state index contributed by atoms with van der Waals surface area (Å²) in [5.74, 6) is 0.741. The molecular formula is C13H21N5O2. The molecule has 0 bridgehead atoms. The van der Waals surface area contributed by atoms with Crippen LogP contribution in [0.25, 0.3) is 11.2 Å². The average molecular weight is 279 g/mol. The zero-order valence-corrected chi connectivity index (χ0v) is 12.7. The van der Waals surface area contributed by atoms with E-state index in [4.69, 9.17) is 0 Å². The van der Waals surface area contributed by atoms with Gasteiger partial charge in [-0.15, -0.1) is 0 Å². The fourth-order valence-electron chi connectivity index (χ4n) is 2.48. The van der Waals surface area contributed by atoms with E-state index < -0.39 is 0 Å². The van der Waals surface area contributed by atoms with E-state index in [0.29, 0.717) is 17.7 Å². The van der Waals surface area contributed by atoms with Gasteiger partial charge >= 0.3 is 5.69 Å². The summed E-state index contributed by atoms with van der Waals surface area (Å²) in [4.78, 5) is 31.0. The van der Waals surface area contributed by atoms with Gasteiger partial charge in [0.05, 0.1) is 0 Å². The van der Waals surface area contributed by atoms with Crippen molar-refractivity contribution >= 4 is 17.1 Å². The average Bonchev–Trinajstić information content (AvgIpc) is 2.83. The fraction of sp³-hybridized carbons (Fsp3) is 0.615. The van der Waals surface area contributed by atoms with Crippen LogP contribution in [0.5, 0.6) is 0 Å². The number of imidazole rings is 1. The van der Waals surface area contributed by atoms with Gasteiger partial charge in [-0.3, -0.25) is 13.9 Å². The number of nitrogens with zero attached hydrogens (tertiary/aromatic N) is 5. The van der Waals surface area contributed by atoms with Gasteiger partial charge in [0.25, 0.3) is 5.56 Å². The number of fused-ring (bicyclic) bond motifs is 1. The van der Waals surface area contributed by atoms with Crippen LogP contribution in [0.4, 0.5) is 5.95 Å². The van der Waals surface area contributed by atoms with E-state index in [1.54, 1.807) is 7.05 Å². The Balaban J connectivity index is 2.96. The van der Waals surface area contributed by atoms with E-state index >= 15 is 0 Å². The Labute approximate surface area is 117 Å². The highest BCUT2D eigenvalue weighted by Crippen LogP contribution is 2.18. The highest BCUT2D eigenvalue weighted by Gasteiger charge is 2.20. The molecule has 0 aromatic carbocycles. The third-order valence-electron chi connectivity index (χ3n) is 3.69. The van der Waals surface area contributed by atoms with Crippen LogP contribution in [0.2, 0.25) is 0 Å². The topological polar surface area (TPSA) is 65.1 Å². The van der Waals surface area contributed by atoms with Crippen LogP contribution in [0.3, 0.4) is 0 Å². The monoisotopic (exact) mass is 279 g/mol. The Morgan fingerprint density at radius 1 is 1.05 bits per heavy atom. The van der Waals surface area contributed by atoms with Crippen molar-refractivity contribution in [1.29, 1.82) is 0 Å². The summed E-state index contributed by atoms with van der Waals surface area (Å²) in [7, 11) is 3.14. The van der Waals surface area contributed by atoms with Crippen LogP contribution < -0.4 is 16.1 Å². The Morgan fingerprint density at radius 2 is 1.65 bits per heavy atom. The Hall–Kier alpha value is -2.05. The van der Waals surface area contributed by atoms with Crippen LogP contribution in [-0.2, 0) is 20.6 Å². The lowest BCUT2D eigenvalue weighted by atomic mass is 10.5. The quantitative estimate of drug-likeness (QED) is 0.807. The van der Waals surface area contributed by atoms with Crippen molar-refractivity contribution in [2.75, 3.05) is 18.0 Å². The zero-order chi connectivity index (χ0) is 15.0. The maximum atomic E-state index is 12.4. The van der Waals surface area contributed by atoms with Gasteiger partial charge < -0.3 is 9.47 Å². The highest BCUT2D eigenvalue weighted by atomic mass is 16.2. The summed E-state index contributed by atoms with van der Waals surface area (Å²) in [6.45, 7) is 8.29. The van der Waals surface area contributed by atoms with Gasteiger partial charge in [0.15, 0.2) is 11.2 Å². The Bertz CT molecular complexity index is 749. The van der Waals surface area contributed by atoms with Crippen LogP contribution in [0.15, 0.2) is 9.59 Å². The molecule has 0 aliphatic heterocycles. The molecule has 0 unspecified atom stereocenters. The lowest BCUT2D eigenvalue weighted by Crippen LogP contribution is -2.37. The van der Waals surface area contributed by atoms with Crippen molar-refractivity contribution in [2.45, 2.75) is 27.3 Å². The van der Waals surface area contributed by atoms with E-state index in [2.05, 4.69) is 9.88 Å². The maximum Gasteiger partial charge on any atom is 0.332 e. The number of anilines is 1. The molecule has 7 nitrogen and oxygen atoms in total. The smallest absolute Gasteiger partial charge is 0.332 e. The largest absolute Gasteiger partial charge is 0.343 e. The van der Waals surface area contributed by atoms with Crippen LogP contribution >= 0.6 is 0 Å². The predicted octanol–water partition coefficient (Wildman–Crippen LogP) is 0.300. The number of rotatable bonds is 4. The van der Waals surface area contributed by atoms with Gasteiger partial charge in [0, 0.05) is 33.7 Å². The molecule has 0 atom stereocenters. The lowest BCUT2D eigenvalue weighted by molar-refractivity contribution is 0.696.